The Morgan fingerprint density at radius 2 is 2.00 bits per heavy atom. The Morgan fingerprint density at radius 3 is 2.50 bits per heavy atom. The monoisotopic (exact) mass is 282 g/mol. The molecule has 20 heavy (non-hydrogen) atoms. The van der Waals surface area contributed by atoms with Gasteiger partial charge in [0.2, 0.25) is 0 Å². The molecule has 5 heteroatoms. The van der Waals surface area contributed by atoms with E-state index < -0.39 is 11.5 Å². The van der Waals surface area contributed by atoms with Gasteiger partial charge in [-0.05, 0) is 32.9 Å². The van der Waals surface area contributed by atoms with Gasteiger partial charge in [-0.15, -0.1) is 0 Å². The molecule has 0 bridgehead atoms. The maximum atomic E-state index is 11.6. The van der Waals surface area contributed by atoms with Gasteiger partial charge in [0.25, 0.3) is 0 Å². The Bertz CT molecular complexity index is 465. The molecule has 0 unspecified atom stereocenters. The summed E-state index contributed by atoms with van der Waals surface area (Å²) in [6, 6.07) is 5.18. The molecule has 0 heterocycles. The largest absolute Gasteiger partial charge is 0.497 e. The summed E-state index contributed by atoms with van der Waals surface area (Å²) in [5.41, 5.74) is -0.125. The molecule has 0 amide bonds. The number of aliphatic hydroxyl groups is 1. The summed E-state index contributed by atoms with van der Waals surface area (Å²) in [5, 5.41) is 9.74. The van der Waals surface area contributed by atoms with Gasteiger partial charge in [-0.25, -0.2) is 0 Å². The van der Waals surface area contributed by atoms with E-state index in [-0.39, 0.29) is 12.6 Å². The Kier molecular flexibility index (Phi) is 5.39. The van der Waals surface area contributed by atoms with Gasteiger partial charge in [-0.2, -0.15) is 0 Å². The number of carbonyl (C=O) groups is 1. The van der Waals surface area contributed by atoms with Gasteiger partial charge in [-0.3, -0.25) is 4.79 Å². The quantitative estimate of drug-likeness (QED) is 0.811. The number of benzene rings is 1. The first-order valence-corrected chi connectivity index (χ1v) is 6.39. The highest BCUT2D eigenvalue weighted by atomic mass is 16.5. The van der Waals surface area contributed by atoms with Crippen LogP contribution in [0.5, 0.6) is 11.5 Å². The fraction of sp³-hybridized carbons (Fsp3) is 0.533. The van der Waals surface area contributed by atoms with Crippen LogP contribution in [0.3, 0.4) is 0 Å². The van der Waals surface area contributed by atoms with Crippen molar-refractivity contribution in [3.8, 4) is 11.5 Å². The Hall–Kier alpha value is -1.75. The number of esters is 1. The van der Waals surface area contributed by atoms with Crippen molar-refractivity contribution in [2.24, 2.45) is 5.41 Å². The molecule has 5 nitrogen and oxygen atoms in total. The molecule has 0 radical (unpaired) electrons. The number of methoxy groups -OCH3 is 2. The molecule has 0 saturated heterocycles. The summed E-state index contributed by atoms with van der Waals surface area (Å²) in [7, 11) is 2.90. The highest BCUT2D eigenvalue weighted by Crippen LogP contribution is 2.31. The molecule has 0 aliphatic rings. The van der Waals surface area contributed by atoms with Crippen molar-refractivity contribution in [1.82, 2.24) is 0 Å². The topological polar surface area (TPSA) is 65.0 Å². The van der Waals surface area contributed by atoms with Crippen LogP contribution in [0, 0.1) is 5.41 Å². The molecule has 0 spiro atoms. The fourth-order valence-electron chi connectivity index (χ4n) is 1.71. The van der Waals surface area contributed by atoms with E-state index in [0.29, 0.717) is 17.1 Å². The van der Waals surface area contributed by atoms with Crippen LogP contribution in [0.1, 0.15) is 32.4 Å². The van der Waals surface area contributed by atoms with Gasteiger partial charge < -0.3 is 19.3 Å². The number of carbonyl (C=O) groups excluding carboxylic acids is 1. The summed E-state index contributed by atoms with van der Waals surface area (Å²) in [6.45, 7) is 5.27. The molecule has 112 valence electrons. The number of ether oxygens (including phenoxy) is 3. The van der Waals surface area contributed by atoms with Gasteiger partial charge in [0, 0.05) is 11.6 Å². The zero-order chi connectivity index (χ0) is 15.3. The molecule has 0 aliphatic carbocycles. The zero-order valence-electron chi connectivity index (χ0n) is 12.6. The van der Waals surface area contributed by atoms with Gasteiger partial charge >= 0.3 is 5.97 Å². The zero-order valence-corrected chi connectivity index (χ0v) is 12.6. The van der Waals surface area contributed by atoms with Crippen molar-refractivity contribution in [2.45, 2.75) is 26.9 Å². The highest BCUT2D eigenvalue weighted by Gasteiger charge is 2.30. The smallest absolute Gasteiger partial charge is 0.314 e. The van der Waals surface area contributed by atoms with Crippen molar-refractivity contribution < 1.29 is 24.1 Å². The lowest BCUT2D eigenvalue weighted by Crippen LogP contribution is -2.32. The molecular weight excluding hydrogens is 260 g/mol. The molecule has 0 fully saturated rings. The summed E-state index contributed by atoms with van der Waals surface area (Å²) in [5.74, 6) is 0.774. The lowest BCUT2D eigenvalue weighted by molar-refractivity contribution is -0.152. The predicted octanol–water partition coefficient (Wildman–Crippen LogP) is 2.33. The van der Waals surface area contributed by atoms with Crippen LogP contribution in [-0.4, -0.2) is 31.9 Å². The second-order valence-electron chi connectivity index (χ2n) is 5.24. The second kappa shape index (κ2) is 6.61. The molecule has 0 saturated carbocycles. The number of aliphatic hydroxyl groups excluding tert-OH is 1. The number of hydrogen-bond acceptors (Lipinski definition) is 5. The normalized spacial score (nSPS) is 12.7. The lowest BCUT2D eigenvalue weighted by atomic mass is 9.95. The van der Waals surface area contributed by atoms with E-state index in [1.807, 2.05) is 0 Å². The van der Waals surface area contributed by atoms with Crippen molar-refractivity contribution >= 4 is 5.97 Å². The lowest BCUT2D eigenvalue weighted by Gasteiger charge is -2.23. The van der Waals surface area contributed by atoms with E-state index in [9.17, 15) is 9.90 Å². The third kappa shape index (κ3) is 3.87. The van der Waals surface area contributed by atoms with Crippen LogP contribution in [0.2, 0.25) is 0 Å². The number of rotatable bonds is 6. The standard InChI is InChI=1S/C15H22O5/c1-10(16)12-7-6-11(18-4)8-13(12)20-9-15(2,3)14(17)19-5/h6-8,10,16H,9H2,1-5H3/t10-/m0/s1. The number of hydrogen-bond donors (Lipinski definition) is 1. The van der Waals surface area contributed by atoms with Crippen LogP contribution < -0.4 is 9.47 Å². The van der Waals surface area contributed by atoms with E-state index >= 15 is 0 Å². The summed E-state index contributed by atoms with van der Waals surface area (Å²) < 4.78 is 15.6. The minimum absolute atomic E-state index is 0.145. The van der Waals surface area contributed by atoms with Crippen LogP contribution in [0.4, 0.5) is 0 Å². The predicted molar refractivity (Wildman–Crippen MR) is 74.9 cm³/mol. The summed E-state index contributed by atoms with van der Waals surface area (Å²) in [4.78, 5) is 11.6. The van der Waals surface area contributed by atoms with Crippen molar-refractivity contribution in [3.05, 3.63) is 23.8 Å². The van der Waals surface area contributed by atoms with Crippen molar-refractivity contribution in [1.29, 1.82) is 0 Å². The molecule has 1 N–H and O–H groups in total. The molecule has 1 rings (SSSR count). The molecular formula is C15H22O5. The third-order valence-electron chi connectivity index (χ3n) is 3.00. The van der Waals surface area contributed by atoms with Crippen LogP contribution in [0.25, 0.3) is 0 Å². The van der Waals surface area contributed by atoms with Gasteiger partial charge in [0.05, 0.1) is 25.7 Å². The maximum absolute atomic E-state index is 11.6. The van der Waals surface area contributed by atoms with Crippen molar-refractivity contribution in [3.63, 3.8) is 0 Å². The Morgan fingerprint density at radius 1 is 1.35 bits per heavy atom. The molecule has 1 aromatic carbocycles. The van der Waals surface area contributed by atoms with Gasteiger partial charge in [-0.1, -0.05) is 0 Å². The first-order valence-electron chi connectivity index (χ1n) is 6.39. The molecule has 1 atom stereocenters. The van der Waals surface area contributed by atoms with E-state index in [0.717, 1.165) is 0 Å². The van der Waals surface area contributed by atoms with E-state index in [1.54, 1.807) is 46.1 Å². The van der Waals surface area contributed by atoms with Gasteiger partial charge in [0.1, 0.15) is 18.1 Å². The van der Waals surface area contributed by atoms with E-state index in [2.05, 4.69) is 0 Å². The van der Waals surface area contributed by atoms with Crippen molar-refractivity contribution in [2.75, 3.05) is 20.8 Å². The minimum atomic E-state index is -0.770. The first-order chi connectivity index (χ1) is 9.31. The fourth-order valence-corrected chi connectivity index (χ4v) is 1.71. The van der Waals surface area contributed by atoms with Crippen LogP contribution in [0.15, 0.2) is 18.2 Å². The summed E-state index contributed by atoms with van der Waals surface area (Å²) in [6.07, 6.45) is -0.669. The van der Waals surface area contributed by atoms with E-state index in [4.69, 9.17) is 14.2 Å². The van der Waals surface area contributed by atoms with Gasteiger partial charge in [0.15, 0.2) is 0 Å². The van der Waals surface area contributed by atoms with E-state index in [1.165, 1.54) is 7.11 Å². The Labute approximate surface area is 119 Å². The SMILES string of the molecule is COC(=O)C(C)(C)COc1cc(OC)ccc1[C@H](C)O. The maximum Gasteiger partial charge on any atom is 0.314 e. The van der Waals surface area contributed by atoms with Crippen LogP contribution >= 0.6 is 0 Å². The Balaban J connectivity index is 2.93. The van der Waals surface area contributed by atoms with Crippen LogP contribution in [-0.2, 0) is 9.53 Å². The second-order valence-corrected chi connectivity index (χ2v) is 5.24. The average molecular weight is 282 g/mol. The molecule has 0 aliphatic heterocycles. The summed E-state index contributed by atoms with van der Waals surface area (Å²) >= 11 is 0. The third-order valence-corrected chi connectivity index (χ3v) is 3.00. The molecule has 1 aromatic rings. The average Bonchev–Trinajstić information content (AvgIpc) is 2.43. The first kappa shape index (κ1) is 16.3. The minimum Gasteiger partial charge on any atom is -0.497 e. The molecule has 0 aromatic heterocycles. The highest BCUT2D eigenvalue weighted by molar-refractivity contribution is 5.75.